The number of aromatic nitrogens is 2. The van der Waals surface area contributed by atoms with Crippen molar-refractivity contribution in [2.75, 3.05) is 6.54 Å². The molecule has 0 unspecified atom stereocenters. The molecule has 3 aromatic rings. The Hall–Kier alpha value is -3.29. The molecule has 0 saturated heterocycles. The maximum Gasteiger partial charge on any atom is 0.435 e. The predicted octanol–water partition coefficient (Wildman–Crippen LogP) is 4.83. The van der Waals surface area contributed by atoms with Crippen LogP contribution in [0.5, 0.6) is 11.5 Å². The Morgan fingerprint density at radius 1 is 1.03 bits per heavy atom. The summed E-state index contributed by atoms with van der Waals surface area (Å²) in [6.45, 7) is 0.378. The van der Waals surface area contributed by atoms with Crippen LogP contribution in [0.4, 0.5) is 13.2 Å². The molecule has 1 aliphatic carbocycles. The number of alkyl halides is 3. The summed E-state index contributed by atoms with van der Waals surface area (Å²) in [7, 11) is 0. The van der Waals surface area contributed by atoms with Crippen molar-refractivity contribution in [3.8, 4) is 11.5 Å². The summed E-state index contributed by atoms with van der Waals surface area (Å²) in [6, 6.07) is 14.8. The van der Waals surface area contributed by atoms with Gasteiger partial charge in [-0.3, -0.25) is 9.48 Å². The first-order valence-electron chi connectivity index (χ1n) is 10.7. The molecule has 0 bridgehead atoms. The van der Waals surface area contributed by atoms with E-state index in [4.69, 9.17) is 4.74 Å². The van der Waals surface area contributed by atoms with Crippen molar-refractivity contribution in [3.63, 3.8) is 0 Å². The zero-order valence-electron chi connectivity index (χ0n) is 17.3. The normalized spacial score (nSPS) is 15.3. The van der Waals surface area contributed by atoms with Crippen LogP contribution in [0.2, 0.25) is 0 Å². The monoisotopic (exact) mass is 441 g/mol. The molecule has 1 amide bonds. The molecule has 0 radical (unpaired) electrons. The number of rotatable bonds is 4. The predicted molar refractivity (Wildman–Crippen MR) is 112 cm³/mol. The van der Waals surface area contributed by atoms with Crippen molar-refractivity contribution in [2.24, 2.45) is 0 Å². The smallest absolute Gasteiger partial charge is 0.435 e. The van der Waals surface area contributed by atoms with Gasteiger partial charge in [-0.25, -0.2) is 0 Å². The quantitative estimate of drug-likeness (QED) is 0.631. The fraction of sp³-hybridized carbons (Fsp3) is 0.333. The summed E-state index contributed by atoms with van der Waals surface area (Å²) in [5.74, 6) is 0.489. The number of para-hydroxylation sites is 2. The van der Waals surface area contributed by atoms with E-state index in [1.165, 1.54) is 4.68 Å². The molecule has 0 atom stereocenters. The highest BCUT2D eigenvalue weighted by Gasteiger charge is 2.39. The summed E-state index contributed by atoms with van der Waals surface area (Å²) in [5, 5.41) is 6.77. The summed E-state index contributed by atoms with van der Waals surface area (Å²) < 4.78 is 47.6. The fourth-order valence-electron chi connectivity index (χ4n) is 4.66. The molecule has 32 heavy (non-hydrogen) atoms. The van der Waals surface area contributed by atoms with Crippen LogP contribution in [0.3, 0.4) is 0 Å². The van der Waals surface area contributed by atoms with E-state index in [1.54, 1.807) is 0 Å². The van der Waals surface area contributed by atoms with Gasteiger partial charge in [-0.2, -0.15) is 18.3 Å². The lowest BCUT2D eigenvalue weighted by molar-refractivity contribution is -0.142. The Balaban J connectivity index is 1.35. The summed E-state index contributed by atoms with van der Waals surface area (Å²) in [4.78, 5) is 13.2. The first kappa shape index (κ1) is 20.6. The molecule has 1 aromatic heterocycles. The molecular weight excluding hydrogens is 419 g/mol. The van der Waals surface area contributed by atoms with Gasteiger partial charge < -0.3 is 10.1 Å². The second kappa shape index (κ2) is 8.00. The molecule has 166 valence electrons. The molecule has 1 N–H and O–H groups in total. The van der Waals surface area contributed by atoms with Gasteiger partial charge in [0.25, 0.3) is 0 Å². The van der Waals surface area contributed by atoms with Gasteiger partial charge in [0, 0.05) is 28.9 Å². The second-order valence-corrected chi connectivity index (χ2v) is 8.10. The Kier molecular flexibility index (Phi) is 5.15. The van der Waals surface area contributed by atoms with Gasteiger partial charge in [-0.1, -0.05) is 36.4 Å². The molecule has 2 aromatic carbocycles. The van der Waals surface area contributed by atoms with Crippen LogP contribution in [0.25, 0.3) is 0 Å². The van der Waals surface area contributed by atoms with Crippen LogP contribution in [-0.2, 0) is 30.4 Å². The third-order valence-corrected chi connectivity index (χ3v) is 6.09. The van der Waals surface area contributed by atoms with E-state index in [-0.39, 0.29) is 19.0 Å². The van der Waals surface area contributed by atoms with Crippen LogP contribution in [-0.4, -0.2) is 22.2 Å². The van der Waals surface area contributed by atoms with E-state index in [0.29, 0.717) is 35.6 Å². The third kappa shape index (κ3) is 3.63. The van der Waals surface area contributed by atoms with Gasteiger partial charge in [0.05, 0.1) is 12.5 Å². The maximum absolute atomic E-state index is 13.4. The number of carbonyl (C=O) groups excluding carboxylic acids is 1. The topological polar surface area (TPSA) is 56.2 Å². The second-order valence-electron chi connectivity index (χ2n) is 8.10. The van der Waals surface area contributed by atoms with Gasteiger partial charge in [-0.15, -0.1) is 0 Å². The van der Waals surface area contributed by atoms with Gasteiger partial charge in [0.1, 0.15) is 11.5 Å². The molecule has 0 fully saturated rings. The van der Waals surface area contributed by atoms with Crippen LogP contribution in [0.15, 0.2) is 48.5 Å². The Morgan fingerprint density at radius 2 is 1.66 bits per heavy atom. The average Bonchev–Trinajstić information content (AvgIpc) is 3.16. The first-order chi connectivity index (χ1) is 15.4. The maximum atomic E-state index is 13.4. The van der Waals surface area contributed by atoms with Crippen LogP contribution < -0.4 is 10.1 Å². The van der Waals surface area contributed by atoms with E-state index in [2.05, 4.69) is 10.4 Å². The molecule has 2 heterocycles. The largest absolute Gasteiger partial charge is 0.457 e. The highest BCUT2D eigenvalue weighted by atomic mass is 19.4. The molecule has 8 heteroatoms. The summed E-state index contributed by atoms with van der Waals surface area (Å²) >= 11 is 0. The van der Waals surface area contributed by atoms with E-state index in [1.807, 2.05) is 48.5 Å². The number of nitrogens with zero attached hydrogens (tertiary/aromatic N) is 2. The molecular formula is C24H22F3N3O2. The van der Waals surface area contributed by atoms with Crippen molar-refractivity contribution >= 4 is 5.91 Å². The number of fused-ring (bicyclic) bond motifs is 3. The van der Waals surface area contributed by atoms with Crippen molar-refractivity contribution in [2.45, 2.75) is 44.3 Å². The fourth-order valence-corrected chi connectivity index (χ4v) is 4.66. The number of halogens is 3. The lowest BCUT2D eigenvalue weighted by atomic mass is 9.87. The Bertz CT molecular complexity index is 1120. The van der Waals surface area contributed by atoms with Gasteiger partial charge >= 0.3 is 6.18 Å². The highest BCUT2D eigenvalue weighted by molar-refractivity contribution is 5.89. The summed E-state index contributed by atoms with van der Waals surface area (Å²) in [5.41, 5.74) is 1.69. The van der Waals surface area contributed by atoms with Gasteiger partial charge in [0.15, 0.2) is 5.69 Å². The summed E-state index contributed by atoms with van der Waals surface area (Å²) in [6.07, 6.45) is -1.91. The Morgan fingerprint density at radius 3 is 2.31 bits per heavy atom. The minimum Gasteiger partial charge on any atom is -0.457 e. The number of nitrogens with one attached hydrogen (secondary N) is 1. The number of hydrogen-bond acceptors (Lipinski definition) is 3. The van der Waals surface area contributed by atoms with E-state index in [0.717, 1.165) is 24.0 Å². The molecule has 1 aliphatic heterocycles. The SMILES string of the molecule is O=C(NCCn1nc(C(F)(F)F)c2c1CCCC2)C1c2ccccc2Oc2ccccc21. The molecule has 0 spiro atoms. The van der Waals surface area contributed by atoms with Crippen molar-refractivity contribution in [1.82, 2.24) is 15.1 Å². The van der Waals surface area contributed by atoms with Crippen LogP contribution in [0.1, 0.15) is 46.8 Å². The average molecular weight is 441 g/mol. The first-order valence-corrected chi connectivity index (χ1v) is 10.7. The van der Waals surface area contributed by atoms with Crippen molar-refractivity contribution in [3.05, 3.63) is 76.6 Å². The number of hydrogen-bond donors (Lipinski definition) is 1. The standard InChI is InChI=1S/C24H22F3N3O2/c25-24(26,27)22-15-7-1-4-10-18(15)30(29-22)14-13-28-23(31)21-16-8-2-5-11-19(16)32-20-12-6-3-9-17(20)21/h2-3,5-6,8-9,11-12,21H,1,4,7,10,13-14H2,(H,28,31). The minimum absolute atomic E-state index is 0.186. The highest BCUT2D eigenvalue weighted by Crippen LogP contribution is 2.44. The van der Waals surface area contributed by atoms with Gasteiger partial charge in [0.2, 0.25) is 5.91 Å². The third-order valence-electron chi connectivity index (χ3n) is 6.09. The number of benzene rings is 2. The van der Waals surface area contributed by atoms with Crippen molar-refractivity contribution < 1.29 is 22.7 Å². The zero-order valence-corrected chi connectivity index (χ0v) is 17.3. The number of ether oxygens (including phenoxy) is 1. The number of amides is 1. The van der Waals surface area contributed by atoms with Gasteiger partial charge in [-0.05, 0) is 37.8 Å². The zero-order chi connectivity index (χ0) is 22.3. The lowest BCUT2D eigenvalue weighted by Crippen LogP contribution is -2.34. The lowest BCUT2D eigenvalue weighted by Gasteiger charge is -2.27. The number of carbonyl (C=O) groups is 1. The van der Waals surface area contributed by atoms with Crippen molar-refractivity contribution in [1.29, 1.82) is 0 Å². The van der Waals surface area contributed by atoms with E-state index < -0.39 is 17.8 Å². The molecule has 0 saturated carbocycles. The van der Waals surface area contributed by atoms with E-state index in [9.17, 15) is 18.0 Å². The molecule has 5 nitrogen and oxygen atoms in total. The van der Waals surface area contributed by atoms with E-state index >= 15 is 0 Å². The van der Waals surface area contributed by atoms with Crippen LogP contribution >= 0.6 is 0 Å². The Labute approximate surface area is 183 Å². The molecule has 5 rings (SSSR count). The minimum atomic E-state index is -4.47. The molecule has 2 aliphatic rings. The van der Waals surface area contributed by atoms with Crippen LogP contribution in [0, 0.1) is 0 Å².